The van der Waals surface area contributed by atoms with Crippen molar-refractivity contribution in [2.75, 3.05) is 26.3 Å². The SMILES string of the molecule is Cc1cc(CC2COCCN(C(=O)Cc3ccc(F)cc3)C2)ncn1. The van der Waals surface area contributed by atoms with Gasteiger partial charge in [-0.2, -0.15) is 0 Å². The molecular weight excluding hydrogens is 321 g/mol. The van der Waals surface area contributed by atoms with Gasteiger partial charge < -0.3 is 9.64 Å². The monoisotopic (exact) mass is 343 g/mol. The third-order valence-electron chi connectivity index (χ3n) is 4.32. The number of carbonyl (C=O) groups is 1. The van der Waals surface area contributed by atoms with Crippen molar-refractivity contribution in [1.82, 2.24) is 14.9 Å². The predicted octanol–water partition coefficient (Wildman–Crippen LogP) is 2.18. The van der Waals surface area contributed by atoms with Gasteiger partial charge in [-0.3, -0.25) is 4.79 Å². The van der Waals surface area contributed by atoms with Crippen molar-refractivity contribution in [1.29, 1.82) is 0 Å². The molecule has 0 saturated carbocycles. The first-order chi connectivity index (χ1) is 12.1. The molecule has 2 aromatic rings. The van der Waals surface area contributed by atoms with Crippen LogP contribution in [-0.4, -0.2) is 47.1 Å². The van der Waals surface area contributed by atoms with Gasteiger partial charge in [0, 0.05) is 30.4 Å². The van der Waals surface area contributed by atoms with Crippen LogP contribution in [0.2, 0.25) is 0 Å². The average molecular weight is 343 g/mol. The summed E-state index contributed by atoms with van der Waals surface area (Å²) in [5.41, 5.74) is 2.72. The fraction of sp³-hybridized carbons (Fsp3) is 0.421. The third-order valence-corrected chi connectivity index (χ3v) is 4.32. The summed E-state index contributed by atoms with van der Waals surface area (Å²) >= 11 is 0. The lowest BCUT2D eigenvalue weighted by Crippen LogP contribution is -2.37. The van der Waals surface area contributed by atoms with Crippen LogP contribution in [0.4, 0.5) is 4.39 Å². The Hall–Kier alpha value is -2.34. The number of rotatable bonds is 4. The first kappa shape index (κ1) is 17.5. The van der Waals surface area contributed by atoms with Crippen LogP contribution >= 0.6 is 0 Å². The molecule has 1 atom stereocenters. The molecule has 132 valence electrons. The standard InChI is InChI=1S/C19H22FN3O2/c1-14-8-18(22-13-21-14)9-16-11-23(6-7-25-12-16)19(24)10-15-2-4-17(20)5-3-15/h2-5,8,13,16H,6-7,9-12H2,1H3. The second-order valence-electron chi connectivity index (χ2n) is 6.44. The lowest BCUT2D eigenvalue weighted by atomic mass is 10.0. The van der Waals surface area contributed by atoms with E-state index in [1.54, 1.807) is 18.5 Å². The summed E-state index contributed by atoms with van der Waals surface area (Å²) in [4.78, 5) is 22.9. The summed E-state index contributed by atoms with van der Waals surface area (Å²) in [6.07, 6.45) is 2.60. The molecule has 0 bridgehead atoms. The number of halogens is 1. The van der Waals surface area contributed by atoms with E-state index in [0.717, 1.165) is 23.4 Å². The van der Waals surface area contributed by atoms with E-state index in [1.807, 2.05) is 17.9 Å². The Bertz CT molecular complexity index is 721. The van der Waals surface area contributed by atoms with Crippen molar-refractivity contribution < 1.29 is 13.9 Å². The van der Waals surface area contributed by atoms with E-state index in [9.17, 15) is 9.18 Å². The summed E-state index contributed by atoms with van der Waals surface area (Å²) in [6, 6.07) is 8.05. The molecule has 0 aliphatic carbocycles. The maximum absolute atomic E-state index is 13.0. The predicted molar refractivity (Wildman–Crippen MR) is 91.5 cm³/mol. The molecule has 1 amide bonds. The van der Waals surface area contributed by atoms with Gasteiger partial charge in [0.2, 0.25) is 5.91 Å². The largest absolute Gasteiger partial charge is 0.379 e. The van der Waals surface area contributed by atoms with Crippen LogP contribution < -0.4 is 0 Å². The quantitative estimate of drug-likeness (QED) is 0.854. The van der Waals surface area contributed by atoms with Crippen LogP contribution in [-0.2, 0) is 22.4 Å². The first-order valence-corrected chi connectivity index (χ1v) is 8.47. The molecule has 2 heterocycles. The summed E-state index contributed by atoms with van der Waals surface area (Å²) in [6.45, 7) is 4.31. The normalized spacial score (nSPS) is 18.0. The fourth-order valence-corrected chi connectivity index (χ4v) is 3.04. The number of aromatic nitrogens is 2. The van der Waals surface area contributed by atoms with Crippen LogP contribution in [0.1, 0.15) is 17.0 Å². The molecule has 6 heteroatoms. The molecule has 1 aliphatic heterocycles. The molecule has 0 spiro atoms. The van der Waals surface area contributed by atoms with E-state index < -0.39 is 0 Å². The second kappa shape index (κ2) is 8.16. The van der Waals surface area contributed by atoms with E-state index in [-0.39, 0.29) is 24.1 Å². The molecule has 5 nitrogen and oxygen atoms in total. The Balaban J connectivity index is 1.62. The number of carbonyl (C=O) groups excluding carboxylic acids is 1. The highest BCUT2D eigenvalue weighted by molar-refractivity contribution is 5.78. The number of benzene rings is 1. The van der Waals surface area contributed by atoms with Gasteiger partial charge in [-0.25, -0.2) is 14.4 Å². The van der Waals surface area contributed by atoms with Crippen LogP contribution in [0.5, 0.6) is 0 Å². The lowest BCUT2D eigenvalue weighted by molar-refractivity contribution is -0.130. The zero-order valence-corrected chi connectivity index (χ0v) is 14.3. The van der Waals surface area contributed by atoms with Gasteiger partial charge in [-0.05, 0) is 37.1 Å². The zero-order valence-electron chi connectivity index (χ0n) is 14.3. The average Bonchev–Trinajstić information content (AvgIpc) is 2.83. The Morgan fingerprint density at radius 1 is 1.32 bits per heavy atom. The number of hydrogen-bond acceptors (Lipinski definition) is 4. The van der Waals surface area contributed by atoms with Crippen LogP contribution in [0.3, 0.4) is 0 Å². The maximum atomic E-state index is 13.0. The van der Waals surface area contributed by atoms with Gasteiger partial charge in [-0.15, -0.1) is 0 Å². The van der Waals surface area contributed by atoms with Crippen molar-refractivity contribution in [2.24, 2.45) is 5.92 Å². The molecule has 0 N–H and O–H groups in total. The van der Waals surface area contributed by atoms with Gasteiger partial charge in [0.25, 0.3) is 0 Å². The number of amides is 1. The molecular formula is C19H22FN3O2. The minimum Gasteiger partial charge on any atom is -0.379 e. The Morgan fingerprint density at radius 3 is 2.88 bits per heavy atom. The highest BCUT2D eigenvalue weighted by Gasteiger charge is 2.23. The van der Waals surface area contributed by atoms with Crippen molar-refractivity contribution in [3.8, 4) is 0 Å². The maximum Gasteiger partial charge on any atom is 0.227 e. The van der Waals surface area contributed by atoms with Gasteiger partial charge in [0.1, 0.15) is 12.1 Å². The highest BCUT2D eigenvalue weighted by atomic mass is 19.1. The summed E-state index contributed by atoms with van der Waals surface area (Å²) in [5.74, 6) is -0.0467. The number of ether oxygens (including phenoxy) is 1. The molecule has 0 radical (unpaired) electrons. The van der Waals surface area contributed by atoms with E-state index >= 15 is 0 Å². The molecule has 1 fully saturated rings. The van der Waals surface area contributed by atoms with Crippen molar-refractivity contribution in [3.63, 3.8) is 0 Å². The molecule has 25 heavy (non-hydrogen) atoms. The summed E-state index contributed by atoms with van der Waals surface area (Å²) in [7, 11) is 0. The Labute approximate surface area is 146 Å². The number of nitrogens with zero attached hydrogens (tertiary/aromatic N) is 3. The smallest absolute Gasteiger partial charge is 0.227 e. The van der Waals surface area contributed by atoms with E-state index in [1.165, 1.54) is 12.1 Å². The summed E-state index contributed by atoms with van der Waals surface area (Å²) < 4.78 is 18.7. The van der Waals surface area contributed by atoms with Gasteiger partial charge in [-0.1, -0.05) is 12.1 Å². The summed E-state index contributed by atoms with van der Waals surface area (Å²) in [5, 5.41) is 0. The van der Waals surface area contributed by atoms with Crippen LogP contribution in [0.15, 0.2) is 36.7 Å². The van der Waals surface area contributed by atoms with E-state index in [0.29, 0.717) is 26.3 Å². The minimum absolute atomic E-state index is 0.0426. The molecule has 1 aromatic carbocycles. The Kier molecular flexibility index (Phi) is 5.71. The number of aryl methyl sites for hydroxylation is 1. The van der Waals surface area contributed by atoms with E-state index in [2.05, 4.69) is 9.97 Å². The van der Waals surface area contributed by atoms with Gasteiger partial charge >= 0.3 is 0 Å². The number of hydrogen-bond donors (Lipinski definition) is 0. The molecule has 1 saturated heterocycles. The van der Waals surface area contributed by atoms with Crippen molar-refractivity contribution in [2.45, 2.75) is 19.8 Å². The third kappa shape index (κ3) is 5.06. The molecule has 1 aliphatic rings. The van der Waals surface area contributed by atoms with Gasteiger partial charge in [0.05, 0.1) is 19.6 Å². The topological polar surface area (TPSA) is 55.3 Å². The first-order valence-electron chi connectivity index (χ1n) is 8.47. The van der Waals surface area contributed by atoms with Crippen molar-refractivity contribution >= 4 is 5.91 Å². The second-order valence-corrected chi connectivity index (χ2v) is 6.44. The van der Waals surface area contributed by atoms with Crippen LogP contribution in [0.25, 0.3) is 0 Å². The fourth-order valence-electron chi connectivity index (χ4n) is 3.04. The Morgan fingerprint density at radius 2 is 2.12 bits per heavy atom. The van der Waals surface area contributed by atoms with Crippen LogP contribution in [0, 0.1) is 18.7 Å². The van der Waals surface area contributed by atoms with Crippen molar-refractivity contribution in [3.05, 3.63) is 59.4 Å². The zero-order chi connectivity index (χ0) is 17.6. The van der Waals surface area contributed by atoms with Gasteiger partial charge in [0.15, 0.2) is 0 Å². The highest BCUT2D eigenvalue weighted by Crippen LogP contribution is 2.14. The van der Waals surface area contributed by atoms with E-state index in [4.69, 9.17) is 4.74 Å². The molecule has 1 aromatic heterocycles. The lowest BCUT2D eigenvalue weighted by Gasteiger charge is -2.23. The molecule has 1 unspecified atom stereocenters. The molecule has 3 rings (SSSR count). The minimum atomic E-state index is -0.292.